The summed E-state index contributed by atoms with van der Waals surface area (Å²) in [5.74, 6) is 2.25. The maximum absolute atomic E-state index is 5.65. The number of nitrogens with one attached hydrogen (secondary N) is 2. The maximum atomic E-state index is 5.65. The Bertz CT molecular complexity index is 391. The van der Waals surface area contributed by atoms with Crippen molar-refractivity contribution in [3.05, 3.63) is 0 Å². The van der Waals surface area contributed by atoms with Crippen LogP contribution in [0.15, 0.2) is 4.99 Å². The number of guanidine groups is 1. The van der Waals surface area contributed by atoms with E-state index in [4.69, 9.17) is 9.47 Å². The summed E-state index contributed by atoms with van der Waals surface area (Å²) in [6.07, 6.45) is 3.56. The molecule has 0 aromatic rings. The summed E-state index contributed by atoms with van der Waals surface area (Å²) in [7, 11) is 1.85. The van der Waals surface area contributed by atoms with Crippen LogP contribution in [0.4, 0.5) is 0 Å². The SMILES string of the molecule is CN=C(NCC(C1CCOC1)N1CCOCC1)NC(C)CCC(C)C. The largest absolute Gasteiger partial charge is 0.381 e. The van der Waals surface area contributed by atoms with Crippen LogP contribution in [0.3, 0.4) is 0 Å². The van der Waals surface area contributed by atoms with Crippen LogP contribution in [0.5, 0.6) is 0 Å². The van der Waals surface area contributed by atoms with E-state index >= 15 is 0 Å². The molecule has 3 unspecified atom stereocenters. The Morgan fingerprint density at radius 2 is 1.88 bits per heavy atom. The van der Waals surface area contributed by atoms with Crippen LogP contribution in [0.1, 0.15) is 40.0 Å². The number of aliphatic imine (C=N–C) groups is 1. The van der Waals surface area contributed by atoms with Crippen molar-refractivity contribution < 1.29 is 9.47 Å². The van der Waals surface area contributed by atoms with E-state index in [0.29, 0.717) is 18.0 Å². The second-order valence-corrected chi connectivity index (χ2v) is 7.81. The molecule has 146 valence electrons. The van der Waals surface area contributed by atoms with E-state index in [-0.39, 0.29) is 0 Å². The molecule has 3 atom stereocenters. The van der Waals surface area contributed by atoms with Gasteiger partial charge in [-0.25, -0.2) is 0 Å². The van der Waals surface area contributed by atoms with Crippen LogP contribution >= 0.6 is 0 Å². The van der Waals surface area contributed by atoms with E-state index in [9.17, 15) is 0 Å². The van der Waals surface area contributed by atoms with Gasteiger partial charge in [-0.3, -0.25) is 9.89 Å². The summed E-state index contributed by atoms with van der Waals surface area (Å²) < 4.78 is 11.2. The number of hydrogen-bond acceptors (Lipinski definition) is 4. The minimum atomic E-state index is 0.435. The van der Waals surface area contributed by atoms with Gasteiger partial charge in [-0.15, -0.1) is 0 Å². The number of ether oxygens (including phenoxy) is 2. The summed E-state index contributed by atoms with van der Waals surface area (Å²) in [6, 6.07) is 0.918. The first-order valence-electron chi connectivity index (χ1n) is 9.97. The molecule has 0 aliphatic carbocycles. The summed E-state index contributed by atoms with van der Waals surface area (Å²) in [6.45, 7) is 13.2. The number of nitrogens with zero attached hydrogens (tertiary/aromatic N) is 2. The second kappa shape index (κ2) is 11.0. The first kappa shape index (κ1) is 20.5. The zero-order chi connectivity index (χ0) is 18.1. The molecular weight excluding hydrogens is 316 g/mol. The molecule has 0 aromatic carbocycles. The van der Waals surface area contributed by atoms with Crippen LogP contribution in [0.25, 0.3) is 0 Å². The lowest BCUT2D eigenvalue weighted by molar-refractivity contribution is 0.00246. The van der Waals surface area contributed by atoms with Crippen LogP contribution in [-0.2, 0) is 9.47 Å². The highest BCUT2D eigenvalue weighted by molar-refractivity contribution is 5.79. The minimum Gasteiger partial charge on any atom is -0.381 e. The Hall–Kier alpha value is -0.850. The lowest BCUT2D eigenvalue weighted by Crippen LogP contribution is -2.54. The van der Waals surface area contributed by atoms with Gasteiger partial charge < -0.3 is 20.1 Å². The average molecular weight is 355 g/mol. The molecule has 25 heavy (non-hydrogen) atoms. The van der Waals surface area contributed by atoms with Gasteiger partial charge in [-0.2, -0.15) is 0 Å². The first-order chi connectivity index (χ1) is 12.1. The van der Waals surface area contributed by atoms with Gasteiger partial charge in [0.1, 0.15) is 0 Å². The quantitative estimate of drug-likeness (QED) is 0.513. The molecule has 0 radical (unpaired) electrons. The predicted octanol–water partition coefficient (Wildman–Crippen LogP) is 1.71. The maximum Gasteiger partial charge on any atom is 0.191 e. The zero-order valence-electron chi connectivity index (χ0n) is 16.6. The summed E-state index contributed by atoms with van der Waals surface area (Å²) >= 11 is 0. The van der Waals surface area contributed by atoms with Crippen molar-refractivity contribution in [2.24, 2.45) is 16.8 Å². The van der Waals surface area contributed by atoms with E-state index in [1.807, 2.05) is 7.05 Å². The fourth-order valence-electron chi connectivity index (χ4n) is 3.64. The van der Waals surface area contributed by atoms with Crippen molar-refractivity contribution in [2.45, 2.75) is 52.1 Å². The molecule has 2 heterocycles. The minimum absolute atomic E-state index is 0.435. The Balaban J connectivity index is 1.84. The second-order valence-electron chi connectivity index (χ2n) is 7.81. The molecular formula is C19H38N4O2. The van der Waals surface area contributed by atoms with Gasteiger partial charge in [0.15, 0.2) is 5.96 Å². The predicted molar refractivity (Wildman–Crippen MR) is 103 cm³/mol. The highest BCUT2D eigenvalue weighted by Gasteiger charge is 2.31. The fourth-order valence-corrected chi connectivity index (χ4v) is 3.64. The average Bonchev–Trinajstić information content (AvgIpc) is 3.14. The molecule has 2 aliphatic heterocycles. The highest BCUT2D eigenvalue weighted by atomic mass is 16.5. The Morgan fingerprint density at radius 1 is 1.12 bits per heavy atom. The molecule has 0 aromatic heterocycles. The Kier molecular flexibility index (Phi) is 8.99. The molecule has 2 N–H and O–H groups in total. The molecule has 0 bridgehead atoms. The van der Waals surface area contributed by atoms with Crippen molar-refractivity contribution in [1.82, 2.24) is 15.5 Å². The van der Waals surface area contributed by atoms with Gasteiger partial charge in [-0.1, -0.05) is 13.8 Å². The molecule has 0 amide bonds. The van der Waals surface area contributed by atoms with E-state index < -0.39 is 0 Å². The van der Waals surface area contributed by atoms with Crippen LogP contribution in [-0.4, -0.2) is 76.1 Å². The van der Waals surface area contributed by atoms with E-state index in [2.05, 4.69) is 41.3 Å². The molecule has 0 saturated carbocycles. The molecule has 2 saturated heterocycles. The van der Waals surface area contributed by atoms with Gasteiger partial charge in [0.2, 0.25) is 0 Å². The third-order valence-electron chi connectivity index (χ3n) is 5.29. The third kappa shape index (κ3) is 7.12. The van der Waals surface area contributed by atoms with E-state index in [1.165, 1.54) is 12.8 Å². The molecule has 6 heteroatoms. The van der Waals surface area contributed by atoms with Crippen molar-refractivity contribution in [1.29, 1.82) is 0 Å². The van der Waals surface area contributed by atoms with Gasteiger partial charge in [-0.05, 0) is 32.1 Å². The van der Waals surface area contributed by atoms with Crippen molar-refractivity contribution in [2.75, 3.05) is 53.1 Å². The van der Waals surface area contributed by atoms with Crippen molar-refractivity contribution in [3.63, 3.8) is 0 Å². The topological polar surface area (TPSA) is 58.1 Å². The Labute approximate surface area is 153 Å². The molecule has 2 rings (SSSR count). The van der Waals surface area contributed by atoms with Crippen LogP contribution in [0.2, 0.25) is 0 Å². The molecule has 6 nitrogen and oxygen atoms in total. The summed E-state index contributed by atoms with van der Waals surface area (Å²) in [5.41, 5.74) is 0. The van der Waals surface area contributed by atoms with Gasteiger partial charge in [0, 0.05) is 51.3 Å². The lowest BCUT2D eigenvalue weighted by atomic mass is 9.97. The first-order valence-corrected chi connectivity index (χ1v) is 9.97. The van der Waals surface area contributed by atoms with Crippen molar-refractivity contribution >= 4 is 5.96 Å². The third-order valence-corrected chi connectivity index (χ3v) is 5.29. The number of morpholine rings is 1. The molecule has 2 aliphatic rings. The number of hydrogen-bond donors (Lipinski definition) is 2. The molecule has 2 fully saturated rings. The molecule has 0 spiro atoms. The van der Waals surface area contributed by atoms with Gasteiger partial charge in [0.05, 0.1) is 19.8 Å². The van der Waals surface area contributed by atoms with Crippen molar-refractivity contribution in [3.8, 4) is 0 Å². The number of rotatable bonds is 8. The van der Waals surface area contributed by atoms with Crippen LogP contribution < -0.4 is 10.6 Å². The van der Waals surface area contributed by atoms with E-state index in [0.717, 1.165) is 64.4 Å². The van der Waals surface area contributed by atoms with Gasteiger partial charge in [0.25, 0.3) is 0 Å². The smallest absolute Gasteiger partial charge is 0.191 e. The van der Waals surface area contributed by atoms with E-state index in [1.54, 1.807) is 0 Å². The normalized spacial score (nSPS) is 25.2. The Morgan fingerprint density at radius 3 is 2.48 bits per heavy atom. The highest BCUT2D eigenvalue weighted by Crippen LogP contribution is 2.21. The standard InChI is InChI=1S/C19H38N4O2/c1-15(2)5-6-16(3)22-19(20-4)21-13-18(17-7-10-25-14-17)23-8-11-24-12-9-23/h15-18H,5-14H2,1-4H3,(H2,20,21,22). The summed E-state index contributed by atoms with van der Waals surface area (Å²) in [5, 5.41) is 7.10. The summed E-state index contributed by atoms with van der Waals surface area (Å²) in [4.78, 5) is 6.98. The van der Waals surface area contributed by atoms with Gasteiger partial charge >= 0.3 is 0 Å². The van der Waals surface area contributed by atoms with Crippen LogP contribution in [0, 0.1) is 11.8 Å². The fraction of sp³-hybridized carbons (Fsp3) is 0.947. The monoisotopic (exact) mass is 354 g/mol. The lowest BCUT2D eigenvalue weighted by Gasteiger charge is -2.37. The zero-order valence-corrected chi connectivity index (χ0v) is 16.6.